The normalized spacial score (nSPS) is 20.9. The number of hydrogen-bond acceptors (Lipinski definition) is 7. The lowest BCUT2D eigenvalue weighted by molar-refractivity contribution is -0.182. The van der Waals surface area contributed by atoms with Crippen LogP contribution in [0.3, 0.4) is 0 Å². The number of rotatable bonds is 6. The van der Waals surface area contributed by atoms with Gasteiger partial charge in [0.25, 0.3) is 0 Å². The number of hydrogen-bond donors (Lipinski definition) is 1. The van der Waals surface area contributed by atoms with Gasteiger partial charge < -0.3 is 19.3 Å². The molecule has 0 bridgehead atoms. The Morgan fingerprint density at radius 1 is 1.11 bits per heavy atom. The lowest BCUT2D eigenvalue weighted by atomic mass is 9.79. The number of carbonyl (C=O) groups is 3. The SMILES string of the molecule is CCOC(=O)C1(C(=O)OCC)C(c2ccc(OC)cc2)CC(O)N1C(C)=O. The number of nitrogens with zero attached hydrogens (tertiary/aromatic N) is 1. The number of amides is 1. The summed E-state index contributed by atoms with van der Waals surface area (Å²) in [6.45, 7) is 4.41. The van der Waals surface area contributed by atoms with E-state index in [2.05, 4.69) is 0 Å². The Bertz CT molecular complexity index is 683. The maximum atomic E-state index is 13.0. The van der Waals surface area contributed by atoms with Crippen LogP contribution >= 0.6 is 0 Å². The second kappa shape index (κ2) is 8.39. The summed E-state index contributed by atoms with van der Waals surface area (Å²) in [4.78, 5) is 39.2. The Morgan fingerprint density at radius 3 is 2.04 bits per heavy atom. The van der Waals surface area contributed by atoms with Gasteiger partial charge in [-0.3, -0.25) is 9.69 Å². The van der Waals surface area contributed by atoms with Crippen molar-refractivity contribution in [3.8, 4) is 5.75 Å². The van der Waals surface area contributed by atoms with Crippen molar-refractivity contribution in [2.45, 2.75) is 44.9 Å². The van der Waals surface area contributed by atoms with Gasteiger partial charge in [0.05, 0.1) is 20.3 Å². The summed E-state index contributed by atoms with van der Waals surface area (Å²) in [5, 5.41) is 10.5. The number of aliphatic hydroxyl groups excluding tert-OH is 1. The molecule has 0 spiro atoms. The lowest BCUT2D eigenvalue weighted by Crippen LogP contribution is -2.63. The summed E-state index contributed by atoms with van der Waals surface area (Å²) in [6.07, 6.45) is -1.34. The minimum atomic E-state index is -2.09. The Balaban J connectivity index is 2.67. The Labute approximate surface area is 158 Å². The summed E-state index contributed by atoms with van der Waals surface area (Å²) in [6, 6.07) is 6.73. The topological polar surface area (TPSA) is 102 Å². The molecule has 1 aliphatic heterocycles. The van der Waals surface area contributed by atoms with Crippen molar-refractivity contribution in [2.24, 2.45) is 0 Å². The largest absolute Gasteiger partial charge is 0.497 e. The van der Waals surface area contributed by atoms with E-state index in [-0.39, 0.29) is 19.6 Å². The number of esters is 2. The molecule has 1 N–H and O–H groups in total. The van der Waals surface area contributed by atoms with Crippen LogP contribution in [0.5, 0.6) is 5.75 Å². The van der Waals surface area contributed by atoms with Gasteiger partial charge in [-0.15, -0.1) is 0 Å². The van der Waals surface area contributed by atoms with E-state index in [1.165, 1.54) is 14.0 Å². The first-order valence-corrected chi connectivity index (χ1v) is 8.80. The molecular formula is C19H25NO7. The Kier molecular flexibility index (Phi) is 6.43. The Morgan fingerprint density at radius 2 is 1.63 bits per heavy atom. The third kappa shape index (κ3) is 3.49. The van der Waals surface area contributed by atoms with E-state index in [1.807, 2.05) is 0 Å². The van der Waals surface area contributed by atoms with E-state index in [0.717, 1.165) is 4.90 Å². The molecular weight excluding hydrogens is 354 g/mol. The van der Waals surface area contributed by atoms with Crippen LogP contribution < -0.4 is 4.74 Å². The Hall–Kier alpha value is -2.61. The zero-order valence-electron chi connectivity index (χ0n) is 15.9. The predicted octanol–water partition coefficient (Wildman–Crippen LogP) is 1.21. The average Bonchev–Trinajstić information content (AvgIpc) is 2.96. The van der Waals surface area contributed by atoms with E-state index in [1.54, 1.807) is 38.1 Å². The molecule has 1 amide bonds. The molecule has 1 heterocycles. The summed E-state index contributed by atoms with van der Waals surface area (Å²) >= 11 is 0. The fraction of sp³-hybridized carbons (Fsp3) is 0.526. The highest BCUT2D eigenvalue weighted by Gasteiger charge is 2.66. The maximum Gasteiger partial charge on any atom is 0.344 e. The summed E-state index contributed by atoms with van der Waals surface area (Å²) in [5.74, 6) is -2.70. The highest BCUT2D eigenvalue weighted by Crippen LogP contribution is 2.47. The zero-order chi connectivity index (χ0) is 20.2. The van der Waals surface area contributed by atoms with Gasteiger partial charge in [0.15, 0.2) is 0 Å². The molecule has 0 radical (unpaired) electrons. The molecule has 1 saturated heterocycles. The number of benzene rings is 1. The second-order valence-electron chi connectivity index (χ2n) is 6.14. The first-order chi connectivity index (χ1) is 12.8. The van der Waals surface area contributed by atoms with Gasteiger partial charge in [-0.25, -0.2) is 9.59 Å². The molecule has 0 aromatic heterocycles. The van der Waals surface area contributed by atoms with Crippen LogP contribution in [-0.2, 0) is 23.9 Å². The second-order valence-corrected chi connectivity index (χ2v) is 6.14. The van der Waals surface area contributed by atoms with Crippen molar-refractivity contribution in [1.82, 2.24) is 4.90 Å². The van der Waals surface area contributed by atoms with Gasteiger partial charge in [0.2, 0.25) is 11.4 Å². The monoisotopic (exact) mass is 379 g/mol. The molecule has 0 saturated carbocycles. The molecule has 1 aromatic carbocycles. The average molecular weight is 379 g/mol. The van der Waals surface area contributed by atoms with Gasteiger partial charge in [-0.2, -0.15) is 0 Å². The standard InChI is InChI=1S/C19H25NO7/c1-5-26-17(23)19(18(24)27-6-2)15(11-16(22)20(19)12(3)21)13-7-9-14(25-4)10-8-13/h7-10,15-16,22H,5-6,11H2,1-4H3. The lowest BCUT2D eigenvalue weighted by Gasteiger charge is -2.37. The van der Waals surface area contributed by atoms with Crippen LogP contribution in [0.2, 0.25) is 0 Å². The van der Waals surface area contributed by atoms with Crippen molar-refractivity contribution < 1.29 is 33.7 Å². The molecule has 1 aliphatic rings. The van der Waals surface area contributed by atoms with E-state index >= 15 is 0 Å². The third-order valence-electron chi connectivity index (χ3n) is 4.66. The zero-order valence-corrected chi connectivity index (χ0v) is 15.9. The third-order valence-corrected chi connectivity index (χ3v) is 4.66. The number of likely N-dealkylation sites (tertiary alicyclic amines) is 1. The van der Waals surface area contributed by atoms with Gasteiger partial charge >= 0.3 is 11.9 Å². The fourth-order valence-corrected chi connectivity index (χ4v) is 3.61. The number of ether oxygens (including phenoxy) is 3. The minimum absolute atomic E-state index is 0.0104. The molecule has 27 heavy (non-hydrogen) atoms. The van der Waals surface area contributed by atoms with Crippen molar-refractivity contribution in [3.63, 3.8) is 0 Å². The number of aliphatic hydroxyl groups is 1. The van der Waals surface area contributed by atoms with Gasteiger partial charge in [-0.05, 0) is 31.5 Å². The molecule has 1 fully saturated rings. The van der Waals surface area contributed by atoms with Gasteiger partial charge in [-0.1, -0.05) is 12.1 Å². The summed E-state index contributed by atoms with van der Waals surface area (Å²) in [5.41, 5.74) is -1.51. The highest BCUT2D eigenvalue weighted by atomic mass is 16.6. The molecule has 2 rings (SSSR count). The van der Waals surface area contributed by atoms with Gasteiger partial charge in [0, 0.05) is 19.3 Å². The molecule has 8 heteroatoms. The number of carbonyl (C=O) groups excluding carboxylic acids is 3. The summed E-state index contributed by atoms with van der Waals surface area (Å²) in [7, 11) is 1.52. The van der Waals surface area contributed by atoms with E-state index < -0.39 is 35.5 Å². The van der Waals surface area contributed by atoms with Crippen molar-refractivity contribution >= 4 is 17.8 Å². The molecule has 1 aromatic rings. The first kappa shape index (κ1) is 20.7. The smallest absolute Gasteiger partial charge is 0.344 e. The molecule has 2 atom stereocenters. The van der Waals surface area contributed by atoms with E-state index in [4.69, 9.17) is 14.2 Å². The van der Waals surface area contributed by atoms with Crippen LogP contribution in [-0.4, -0.2) is 59.9 Å². The minimum Gasteiger partial charge on any atom is -0.497 e. The van der Waals surface area contributed by atoms with Crippen LogP contribution in [0, 0.1) is 0 Å². The molecule has 8 nitrogen and oxygen atoms in total. The number of methoxy groups -OCH3 is 1. The van der Waals surface area contributed by atoms with Crippen molar-refractivity contribution in [2.75, 3.05) is 20.3 Å². The fourth-order valence-electron chi connectivity index (χ4n) is 3.61. The van der Waals surface area contributed by atoms with Crippen LogP contribution in [0.25, 0.3) is 0 Å². The first-order valence-electron chi connectivity index (χ1n) is 8.80. The summed E-state index contributed by atoms with van der Waals surface area (Å²) < 4.78 is 15.4. The van der Waals surface area contributed by atoms with E-state index in [9.17, 15) is 19.5 Å². The van der Waals surface area contributed by atoms with E-state index in [0.29, 0.717) is 11.3 Å². The molecule has 148 valence electrons. The molecule has 2 unspecified atom stereocenters. The quantitative estimate of drug-likeness (QED) is 0.585. The van der Waals surface area contributed by atoms with Crippen LogP contribution in [0.1, 0.15) is 38.7 Å². The highest BCUT2D eigenvalue weighted by molar-refractivity contribution is 6.09. The maximum absolute atomic E-state index is 13.0. The van der Waals surface area contributed by atoms with Crippen LogP contribution in [0.15, 0.2) is 24.3 Å². The van der Waals surface area contributed by atoms with Crippen molar-refractivity contribution in [1.29, 1.82) is 0 Å². The molecule has 0 aliphatic carbocycles. The predicted molar refractivity (Wildman–Crippen MR) is 94.9 cm³/mol. The van der Waals surface area contributed by atoms with Crippen LogP contribution in [0.4, 0.5) is 0 Å². The van der Waals surface area contributed by atoms with Crippen molar-refractivity contribution in [3.05, 3.63) is 29.8 Å². The van der Waals surface area contributed by atoms with Gasteiger partial charge in [0.1, 0.15) is 12.0 Å².